The van der Waals surface area contributed by atoms with E-state index in [2.05, 4.69) is 29.2 Å². The molecule has 2 aromatic carbocycles. The second-order valence-corrected chi connectivity index (χ2v) is 7.22. The Morgan fingerprint density at radius 2 is 1.77 bits per heavy atom. The van der Waals surface area contributed by atoms with Gasteiger partial charge in [-0.05, 0) is 36.6 Å². The van der Waals surface area contributed by atoms with Crippen LogP contribution in [0, 0.1) is 0 Å². The van der Waals surface area contributed by atoms with Crippen molar-refractivity contribution < 1.29 is 14.3 Å². The molecule has 2 aliphatic heterocycles. The summed E-state index contributed by atoms with van der Waals surface area (Å²) in [6, 6.07) is 16.6. The number of ether oxygens (including phenoxy) is 2. The monoisotopic (exact) mass is 350 g/mol. The molecule has 0 spiro atoms. The van der Waals surface area contributed by atoms with Gasteiger partial charge in [0.2, 0.25) is 6.79 Å². The van der Waals surface area contributed by atoms with Gasteiger partial charge in [-0.15, -0.1) is 0 Å². The standard InChI is InChI=1S/C21H22N2O3/c24-21(16-6-9-19-20(12-16)26-14-25-19)23-11-10-22(17-7-8-17)13-18(23)15-4-2-1-3-5-15/h1-6,9,12,17-18H,7-8,10-11,13-14H2. The van der Waals surface area contributed by atoms with Crippen LogP contribution < -0.4 is 9.47 Å². The van der Waals surface area contributed by atoms with Crippen LogP contribution >= 0.6 is 0 Å². The largest absolute Gasteiger partial charge is 0.454 e. The number of fused-ring (bicyclic) bond motifs is 1. The molecule has 0 radical (unpaired) electrons. The number of benzene rings is 2. The Morgan fingerprint density at radius 1 is 0.962 bits per heavy atom. The van der Waals surface area contributed by atoms with E-state index in [9.17, 15) is 4.79 Å². The molecule has 0 aromatic heterocycles. The number of nitrogens with zero attached hydrogens (tertiary/aromatic N) is 2. The van der Waals surface area contributed by atoms with Crippen LogP contribution in [0.3, 0.4) is 0 Å². The SMILES string of the molecule is O=C(c1ccc2c(c1)OCO2)N1CCN(C2CC2)CC1c1ccccc1. The van der Waals surface area contributed by atoms with Crippen molar-refractivity contribution in [2.45, 2.75) is 24.9 Å². The molecule has 1 saturated heterocycles. The summed E-state index contributed by atoms with van der Waals surface area (Å²) >= 11 is 0. The lowest BCUT2D eigenvalue weighted by Crippen LogP contribution is -2.51. The first-order chi connectivity index (χ1) is 12.8. The summed E-state index contributed by atoms with van der Waals surface area (Å²) in [7, 11) is 0. The minimum Gasteiger partial charge on any atom is -0.454 e. The molecule has 5 nitrogen and oxygen atoms in total. The molecule has 2 aromatic rings. The topological polar surface area (TPSA) is 42.0 Å². The number of piperazine rings is 1. The van der Waals surface area contributed by atoms with Crippen LogP contribution in [0.25, 0.3) is 0 Å². The summed E-state index contributed by atoms with van der Waals surface area (Å²) in [5, 5.41) is 0. The van der Waals surface area contributed by atoms with Crippen LogP contribution in [-0.2, 0) is 0 Å². The third kappa shape index (κ3) is 2.82. The van der Waals surface area contributed by atoms with Crippen molar-refractivity contribution in [3.8, 4) is 11.5 Å². The highest BCUT2D eigenvalue weighted by Crippen LogP contribution is 2.36. The van der Waals surface area contributed by atoms with Crippen LogP contribution in [0.1, 0.15) is 34.8 Å². The Morgan fingerprint density at radius 3 is 2.58 bits per heavy atom. The maximum Gasteiger partial charge on any atom is 0.254 e. The molecule has 0 N–H and O–H groups in total. The highest BCUT2D eigenvalue weighted by Gasteiger charge is 2.38. The van der Waals surface area contributed by atoms with E-state index >= 15 is 0 Å². The second-order valence-electron chi connectivity index (χ2n) is 7.22. The van der Waals surface area contributed by atoms with E-state index in [1.165, 1.54) is 18.4 Å². The summed E-state index contributed by atoms with van der Waals surface area (Å²) < 4.78 is 10.8. The lowest BCUT2D eigenvalue weighted by Gasteiger charge is -2.42. The Labute approximate surface area is 153 Å². The van der Waals surface area contributed by atoms with Crippen molar-refractivity contribution in [2.24, 2.45) is 0 Å². The number of hydrogen-bond acceptors (Lipinski definition) is 4. The Kier molecular flexibility index (Phi) is 3.82. The van der Waals surface area contributed by atoms with E-state index in [0.717, 1.165) is 19.6 Å². The molecule has 3 aliphatic rings. The minimum absolute atomic E-state index is 0.0626. The van der Waals surface area contributed by atoms with Crippen LogP contribution in [0.5, 0.6) is 11.5 Å². The molecule has 5 heteroatoms. The second kappa shape index (κ2) is 6.32. The Bertz CT molecular complexity index is 819. The molecule has 1 unspecified atom stereocenters. The Hall–Kier alpha value is -2.53. The first-order valence-electron chi connectivity index (χ1n) is 9.29. The molecule has 1 amide bonds. The van der Waals surface area contributed by atoms with Gasteiger partial charge in [-0.2, -0.15) is 0 Å². The average Bonchev–Trinajstić information content (AvgIpc) is 3.45. The average molecular weight is 350 g/mol. The summed E-state index contributed by atoms with van der Waals surface area (Å²) in [4.78, 5) is 17.8. The molecule has 1 atom stereocenters. The zero-order valence-corrected chi connectivity index (χ0v) is 14.6. The first-order valence-corrected chi connectivity index (χ1v) is 9.29. The quantitative estimate of drug-likeness (QED) is 0.853. The van der Waals surface area contributed by atoms with Gasteiger partial charge in [0, 0.05) is 31.2 Å². The fourth-order valence-electron chi connectivity index (χ4n) is 3.97. The number of rotatable bonds is 3. The van der Waals surface area contributed by atoms with E-state index in [4.69, 9.17) is 9.47 Å². The van der Waals surface area contributed by atoms with Gasteiger partial charge >= 0.3 is 0 Å². The minimum atomic E-state index is 0.0626. The molecule has 2 fully saturated rings. The summed E-state index contributed by atoms with van der Waals surface area (Å²) in [5.41, 5.74) is 1.86. The van der Waals surface area contributed by atoms with Gasteiger partial charge in [0.15, 0.2) is 11.5 Å². The molecular formula is C21H22N2O3. The van der Waals surface area contributed by atoms with Crippen molar-refractivity contribution in [1.82, 2.24) is 9.80 Å². The molecule has 2 heterocycles. The molecule has 5 rings (SSSR count). The van der Waals surface area contributed by atoms with E-state index in [1.54, 1.807) is 6.07 Å². The van der Waals surface area contributed by atoms with Crippen LogP contribution in [-0.4, -0.2) is 48.2 Å². The van der Waals surface area contributed by atoms with Gasteiger partial charge in [-0.1, -0.05) is 30.3 Å². The van der Waals surface area contributed by atoms with E-state index in [0.29, 0.717) is 23.1 Å². The van der Waals surface area contributed by atoms with Crippen molar-refractivity contribution in [1.29, 1.82) is 0 Å². The van der Waals surface area contributed by atoms with Gasteiger partial charge in [-0.3, -0.25) is 9.69 Å². The summed E-state index contributed by atoms with van der Waals surface area (Å²) in [6.07, 6.45) is 2.58. The molecule has 26 heavy (non-hydrogen) atoms. The predicted molar refractivity (Wildman–Crippen MR) is 97.4 cm³/mol. The van der Waals surface area contributed by atoms with Crippen molar-refractivity contribution >= 4 is 5.91 Å². The van der Waals surface area contributed by atoms with Crippen LogP contribution in [0.4, 0.5) is 0 Å². The number of hydrogen-bond donors (Lipinski definition) is 0. The highest BCUT2D eigenvalue weighted by molar-refractivity contribution is 5.95. The van der Waals surface area contributed by atoms with E-state index in [-0.39, 0.29) is 18.7 Å². The smallest absolute Gasteiger partial charge is 0.254 e. The van der Waals surface area contributed by atoms with Crippen LogP contribution in [0.2, 0.25) is 0 Å². The first kappa shape index (κ1) is 15.7. The summed E-state index contributed by atoms with van der Waals surface area (Å²) in [6.45, 7) is 2.83. The fraction of sp³-hybridized carbons (Fsp3) is 0.381. The normalized spacial score (nSPS) is 22.5. The Balaban J connectivity index is 1.44. The van der Waals surface area contributed by atoms with E-state index < -0.39 is 0 Å². The van der Waals surface area contributed by atoms with Gasteiger partial charge in [0.05, 0.1) is 6.04 Å². The van der Waals surface area contributed by atoms with Gasteiger partial charge in [-0.25, -0.2) is 0 Å². The third-order valence-corrected chi connectivity index (χ3v) is 5.54. The van der Waals surface area contributed by atoms with Crippen molar-refractivity contribution in [2.75, 3.05) is 26.4 Å². The molecule has 1 saturated carbocycles. The van der Waals surface area contributed by atoms with Gasteiger partial charge < -0.3 is 14.4 Å². The number of amides is 1. The molecule has 1 aliphatic carbocycles. The fourth-order valence-corrected chi connectivity index (χ4v) is 3.97. The number of carbonyl (C=O) groups is 1. The highest BCUT2D eigenvalue weighted by atomic mass is 16.7. The zero-order valence-electron chi connectivity index (χ0n) is 14.6. The maximum absolute atomic E-state index is 13.3. The van der Waals surface area contributed by atoms with E-state index in [1.807, 2.05) is 23.1 Å². The van der Waals surface area contributed by atoms with Gasteiger partial charge in [0.1, 0.15) is 0 Å². The molecule has 0 bridgehead atoms. The summed E-state index contributed by atoms with van der Waals surface area (Å²) in [5.74, 6) is 1.43. The molecule has 134 valence electrons. The van der Waals surface area contributed by atoms with Crippen molar-refractivity contribution in [3.63, 3.8) is 0 Å². The van der Waals surface area contributed by atoms with Gasteiger partial charge in [0.25, 0.3) is 5.91 Å². The third-order valence-electron chi connectivity index (χ3n) is 5.54. The van der Waals surface area contributed by atoms with Crippen molar-refractivity contribution in [3.05, 3.63) is 59.7 Å². The lowest BCUT2D eigenvalue weighted by molar-refractivity contribution is 0.0432. The van der Waals surface area contributed by atoms with Crippen LogP contribution in [0.15, 0.2) is 48.5 Å². The molecular weight excluding hydrogens is 328 g/mol. The zero-order chi connectivity index (χ0) is 17.5. The number of carbonyl (C=O) groups excluding carboxylic acids is 1. The lowest BCUT2D eigenvalue weighted by atomic mass is 10.0. The maximum atomic E-state index is 13.3. The predicted octanol–water partition coefficient (Wildman–Crippen LogP) is 3.08.